The molecule has 2 N–H and O–H groups in total. The van der Waals surface area contributed by atoms with E-state index in [4.69, 9.17) is 10.5 Å². The molecule has 2 unspecified atom stereocenters. The van der Waals surface area contributed by atoms with Crippen LogP contribution in [0.2, 0.25) is 0 Å². The Bertz CT molecular complexity index is 526. The average Bonchev–Trinajstić information content (AvgIpc) is 3.00. The van der Waals surface area contributed by atoms with Crippen LogP contribution in [0, 0.1) is 5.92 Å². The first-order valence-corrected chi connectivity index (χ1v) is 8.12. The van der Waals surface area contributed by atoms with Crippen LogP contribution in [0.15, 0.2) is 24.3 Å². The van der Waals surface area contributed by atoms with Crippen molar-refractivity contribution < 1.29 is 9.53 Å². The molecule has 1 saturated carbocycles. The van der Waals surface area contributed by atoms with E-state index in [1.165, 1.54) is 0 Å². The van der Waals surface area contributed by atoms with Gasteiger partial charge in [0.15, 0.2) is 0 Å². The third-order valence-corrected chi connectivity index (χ3v) is 4.90. The molecule has 1 saturated heterocycles. The van der Waals surface area contributed by atoms with Crippen molar-refractivity contribution in [3.63, 3.8) is 0 Å². The largest absolute Gasteiger partial charge is 0.497 e. The van der Waals surface area contributed by atoms with E-state index < -0.39 is 0 Å². The van der Waals surface area contributed by atoms with Gasteiger partial charge in [-0.2, -0.15) is 0 Å². The molecule has 0 radical (unpaired) electrons. The highest BCUT2D eigenvalue weighted by molar-refractivity contribution is 5.80. The SMILES string of the molecule is COc1cccc(N2CCN(C(=O)C3CCCC3N)CC2)c1. The molecule has 1 heterocycles. The van der Waals surface area contributed by atoms with Crippen LogP contribution in [-0.2, 0) is 4.79 Å². The maximum atomic E-state index is 12.6. The second-order valence-corrected chi connectivity index (χ2v) is 6.22. The minimum Gasteiger partial charge on any atom is -0.497 e. The number of methoxy groups -OCH3 is 1. The van der Waals surface area contributed by atoms with Crippen LogP contribution in [0.25, 0.3) is 0 Å². The number of anilines is 1. The molecule has 1 aromatic carbocycles. The van der Waals surface area contributed by atoms with E-state index in [-0.39, 0.29) is 17.9 Å². The molecule has 1 aliphatic carbocycles. The fourth-order valence-electron chi connectivity index (χ4n) is 3.52. The van der Waals surface area contributed by atoms with Gasteiger partial charge in [0.05, 0.1) is 13.0 Å². The van der Waals surface area contributed by atoms with Crippen molar-refractivity contribution in [2.45, 2.75) is 25.3 Å². The van der Waals surface area contributed by atoms with Gasteiger partial charge in [-0.15, -0.1) is 0 Å². The molecule has 5 nitrogen and oxygen atoms in total. The summed E-state index contributed by atoms with van der Waals surface area (Å²) in [5.41, 5.74) is 7.22. The van der Waals surface area contributed by atoms with Gasteiger partial charge in [0.25, 0.3) is 0 Å². The van der Waals surface area contributed by atoms with Crippen LogP contribution >= 0.6 is 0 Å². The summed E-state index contributed by atoms with van der Waals surface area (Å²) >= 11 is 0. The van der Waals surface area contributed by atoms with Gasteiger partial charge in [-0.05, 0) is 25.0 Å². The number of hydrogen-bond acceptors (Lipinski definition) is 4. The van der Waals surface area contributed by atoms with E-state index in [2.05, 4.69) is 11.0 Å². The molecule has 0 aromatic heterocycles. The number of benzene rings is 1. The van der Waals surface area contributed by atoms with Gasteiger partial charge in [-0.1, -0.05) is 12.5 Å². The molecule has 2 fully saturated rings. The van der Waals surface area contributed by atoms with Gasteiger partial charge in [0.2, 0.25) is 5.91 Å². The highest BCUT2D eigenvalue weighted by atomic mass is 16.5. The van der Waals surface area contributed by atoms with Gasteiger partial charge < -0.3 is 20.3 Å². The summed E-state index contributed by atoms with van der Waals surface area (Å²) in [6.45, 7) is 3.28. The van der Waals surface area contributed by atoms with Crippen molar-refractivity contribution in [1.29, 1.82) is 0 Å². The van der Waals surface area contributed by atoms with Gasteiger partial charge >= 0.3 is 0 Å². The Hall–Kier alpha value is -1.75. The van der Waals surface area contributed by atoms with Crippen LogP contribution < -0.4 is 15.4 Å². The molecule has 22 heavy (non-hydrogen) atoms. The van der Waals surface area contributed by atoms with Crippen LogP contribution in [0.5, 0.6) is 5.75 Å². The molecular formula is C17H25N3O2. The second-order valence-electron chi connectivity index (χ2n) is 6.22. The Balaban J connectivity index is 1.59. The van der Waals surface area contributed by atoms with E-state index in [0.717, 1.165) is 56.9 Å². The number of nitrogens with two attached hydrogens (primary N) is 1. The quantitative estimate of drug-likeness (QED) is 0.919. The molecule has 0 bridgehead atoms. The third kappa shape index (κ3) is 3.04. The average molecular weight is 303 g/mol. The van der Waals surface area contributed by atoms with E-state index in [9.17, 15) is 4.79 Å². The van der Waals surface area contributed by atoms with Gasteiger partial charge in [-0.25, -0.2) is 0 Å². The topological polar surface area (TPSA) is 58.8 Å². The standard InChI is InChI=1S/C17H25N3O2/c1-22-14-5-2-4-13(12-14)19-8-10-20(11-9-19)17(21)15-6-3-7-16(15)18/h2,4-5,12,15-16H,3,6-11,18H2,1H3. The fraction of sp³-hybridized carbons (Fsp3) is 0.588. The lowest BCUT2D eigenvalue weighted by Gasteiger charge is -2.37. The van der Waals surface area contributed by atoms with Gasteiger partial charge in [-0.3, -0.25) is 4.79 Å². The Kier molecular flexibility index (Phi) is 4.52. The fourth-order valence-corrected chi connectivity index (χ4v) is 3.52. The lowest BCUT2D eigenvalue weighted by atomic mass is 10.0. The summed E-state index contributed by atoms with van der Waals surface area (Å²) < 4.78 is 5.28. The Morgan fingerprint density at radius 2 is 2.00 bits per heavy atom. The van der Waals surface area contributed by atoms with E-state index in [0.29, 0.717) is 0 Å². The maximum Gasteiger partial charge on any atom is 0.227 e. The van der Waals surface area contributed by atoms with Gasteiger partial charge in [0.1, 0.15) is 5.75 Å². The normalized spacial score (nSPS) is 25.4. The number of amides is 1. The summed E-state index contributed by atoms with van der Waals surface area (Å²) in [5.74, 6) is 1.17. The van der Waals surface area contributed by atoms with Crippen LogP contribution in [-0.4, -0.2) is 50.1 Å². The smallest absolute Gasteiger partial charge is 0.227 e. The first kappa shape index (κ1) is 15.2. The molecular weight excluding hydrogens is 278 g/mol. The first-order chi connectivity index (χ1) is 10.7. The van der Waals surface area contributed by atoms with Crippen LogP contribution in [0.3, 0.4) is 0 Å². The lowest BCUT2D eigenvalue weighted by Crippen LogP contribution is -2.52. The molecule has 120 valence electrons. The van der Waals surface area contributed by atoms with Crippen molar-refractivity contribution in [3.05, 3.63) is 24.3 Å². The predicted molar refractivity (Wildman–Crippen MR) is 87.1 cm³/mol. The van der Waals surface area contributed by atoms with Crippen molar-refractivity contribution >= 4 is 11.6 Å². The predicted octanol–water partition coefficient (Wildman–Crippen LogP) is 1.47. The molecule has 3 rings (SSSR count). The summed E-state index contributed by atoms with van der Waals surface area (Å²) in [4.78, 5) is 16.9. The number of piperazine rings is 1. The number of carbonyl (C=O) groups excluding carboxylic acids is 1. The van der Waals surface area contributed by atoms with E-state index in [1.807, 2.05) is 23.1 Å². The maximum absolute atomic E-state index is 12.6. The number of carbonyl (C=O) groups is 1. The van der Waals surface area contributed by atoms with E-state index in [1.54, 1.807) is 7.11 Å². The zero-order chi connectivity index (χ0) is 15.5. The number of ether oxygens (including phenoxy) is 1. The highest BCUT2D eigenvalue weighted by Crippen LogP contribution is 2.27. The molecule has 5 heteroatoms. The Labute approximate surface area is 132 Å². The summed E-state index contributed by atoms with van der Waals surface area (Å²) in [5, 5.41) is 0. The summed E-state index contributed by atoms with van der Waals surface area (Å²) in [7, 11) is 1.68. The van der Waals surface area contributed by atoms with Crippen molar-refractivity contribution in [3.8, 4) is 5.75 Å². The Morgan fingerprint density at radius 1 is 1.23 bits per heavy atom. The van der Waals surface area contributed by atoms with Crippen LogP contribution in [0.1, 0.15) is 19.3 Å². The van der Waals surface area contributed by atoms with Crippen LogP contribution in [0.4, 0.5) is 5.69 Å². The molecule has 0 spiro atoms. The number of rotatable bonds is 3. The first-order valence-electron chi connectivity index (χ1n) is 8.12. The molecule has 2 aliphatic rings. The monoisotopic (exact) mass is 303 g/mol. The van der Waals surface area contributed by atoms with Gasteiger partial charge in [0, 0.05) is 44.0 Å². The zero-order valence-corrected chi connectivity index (χ0v) is 13.2. The molecule has 1 aromatic rings. The zero-order valence-electron chi connectivity index (χ0n) is 13.2. The van der Waals surface area contributed by atoms with Crippen molar-refractivity contribution in [1.82, 2.24) is 4.90 Å². The van der Waals surface area contributed by atoms with Crippen molar-refractivity contribution in [2.24, 2.45) is 11.7 Å². The molecule has 2 atom stereocenters. The summed E-state index contributed by atoms with van der Waals surface area (Å²) in [6, 6.07) is 8.15. The Morgan fingerprint density at radius 3 is 2.64 bits per heavy atom. The summed E-state index contributed by atoms with van der Waals surface area (Å²) in [6.07, 6.45) is 3.03. The minimum absolute atomic E-state index is 0.0448. The number of nitrogens with zero attached hydrogens (tertiary/aromatic N) is 2. The highest BCUT2D eigenvalue weighted by Gasteiger charge is 2.34. The molecule has 1 aliphatic heterocycles. The van der Waals surface area contributed by atoms with E-state index >= 15 is 0 Å². The lowest BCUT2D eigenvalue weighted by molar-refractivity contribution is -0.136. The minimum atomic E-state index is 0.0448. The van der Waals surface area contributed by atoms with Crippen molar-refractivity contribution in [2.75, 3.05) is 38.2 Å². The third-order valence-electron chi connectivity index (χ3n) is 4.90. The molecule has 1 amide bonds. The number of hydrogen-bond donors (Lipinski definition) is 1. The second kappa shape index (κ2) is 6.57.